The molecule has 1 aliphatic rings. The number of halogens is 1. The monoisotopic (exact) mass is 306 g/mol. The fraction of sp³-hybridized carbons (Fsp3) is 0.632. The third-order valence-electron chi connectivity index (χ3n) is 4.41. The number of benzene rings is 1. The smallest absolute Gasteiger partial charge is 0.338 e. The van der Waals surface area contributed by atoms with E-state index in [1.165, 1.54) is 69.2 Å². The van der Waals surface area contributed by atoms with Gasteiger partial charge in [0.15, 0.2) is 0 Å². The van der Waals surface area contributed by atoms with E-state index in [4.69, 9.17) is 4.74 Å². The maximum absolute atomic E-state index is 12.9. The Hall–Kier alpha value is -1.38. The normalized spacial score (nSPS) is 19.0. The van der Waals surface area contributed by atoms with Crippen LogP contribution in [-0.4, -0.2) is 12.1 Å². The molecule has 2 nitrogen and oxygen atoms in total. The molecule has 2 rings (SSSR count). The van der Waals surface area contributed by atoms with Gasteiger partial charge in [-0.15, -0.1) is 0 Å². The van der Waals surface area contributed by atoms with Crippen molar-refractivity contribution in [1.29, 1.82) is 0 Å². The van der Waals surface area contributed by atoms with Crippen LogP contribution in [0.15, 0.2) is 24.3 Å². The number of carbonyl (C=O) groups is 1. The molecular weight excluding hydrogens is 279 g/mol. The highest BCUT2D eigenvalue weighted by atomic mass is 19.1. The predicted octanol–water partition coefficient (Wildman–Crippen LogP) is 5.66. The molecule has 1 aromatic carbocycles. The summed E-state index contributed by atoms with van der Waals surface area (Å²) < 4.78 is 18.6. The molecule has 1 saturated carbocycles. The highest BCUT2D eigenvalue weighted by Gasteiger charge is 2.16. The molecule has 22 heavy (non-hydrogen) atoms. The van der Waals surface area contributed by atoms with Crippen molar-refractivity contribution in [3.8, 4) is 0 Å². The van der Waals surface area contributed by atoms with Gasteiger partial charge in [-0.2, -0.15) is 0 Å². The molecule has 1 aliphatic carbocycles. The zero-order chi connectivity index (χ0) is 15.6. The Morgan fingerprint density at radius 2 is 1.27 bits per heavy atom. The predicted molar refractivity (Wildman–Crippen MR) is 86.4 cm³/mol. The van der Waals surface area contributed by atoms with Gasteiger partial charge in [-0.05, 0) is 49.9 Å². The first-order valence-electron chi connectivity index (χ1n) is 8.72. The summed E-state index contributed by atoms with van der Waals surface area (Å²) in [6, 6.07) is 5.59. The third kappa shape index (κ3) is 6.17. The van der Waals surface area contributed by atoms with E-state index in [1.807, 2.05) is 0 Å². The van der Waals surface area contributed by atoms with Crippen LogP contribution in [0.5, 0.6) is 0 Å². The Kier molecular flexibility index (Phi) is 7.41. The van der Waals surface area contributed by atoms with Crippen LogP contribution >= 0.6 is 0 Å². The van der Waals surface area contributed by atoms with Crippen LogP contribution in [0.1, 0.15) is 81.0 Å². The fourth-order valence-electron chi connectivity index (χ4n) is 3.05. The molecule has 0 amide bonds. The fourth-order valence-corrected chi connectivity index (χ4v) is 3.05. The summed E-state index contributed by atoms with van der Waals surface area (Å²) in [7, 11) is 0. The lowest BCUT2D eigenvalue weighted by molar-refractivity contribution is 0.0248. The van der Waals surface area contributed by atoms with E-state index in [1.54, 1.807) is 0 Å². The van der Waals surface area contributed by atoms with E-state index in [9.17, 15) is 9.18 Å². The van der Waals surface area contributed by atoms with E-state index >= 15 is 0 Å². The molecule has 0 aliphatic heterocycles. The number of hydrogen-bond donors (Lipinski definition) is 0. The molecule has 0 heterocycles. The second-order valence-corrected chi connectivity index (χ2v) is 6.29. The summed E-state index contributed by atoms with van der Waals surface area (Å²) in [4.78, 5) is 12.2. The van der Waals surface area contributed by atoms with Crippen LogP contribution in [0.25, 0.3) is 0 Å². The van der Waals surface area contributed by atoms with Crippen molar-refractivity contribution in [2.45, 2.75) is 76.7 Å². The summed E-state index contributed by atoms with van der Waals surface area (Å²) in [5, 5.41) is 0. The number of esters is 1. The molecule has 122 valence electrons. The molecule has 0 saturated heterocycles. The van der Waals surface area contributed by atoms with E-state index in [2.05, 4.69) is 0 Å². The minimum atomic E-state index is -0.331. The van der Waals surface area contributed by atoms with E-state index in [0.29, 0.717) is 5.56 Å². The van der Waals surface area contributed by atoms with Crippen molar-refractivity contribution < 1.29 is 13.9 Å². The van der Waals surface area contributed by atoms with Crippen molar-refractivity contribution in [1.82, 2.24) is 0 Å². The van der Waals surface area contributed by atoms with Gasteiger partial charge >= 0.3 is 5.97 Å². The van der Waals surface area contributed by atoms with Gasteiger partial charge in [-0.1, -0.05) is 44.9 Å². The van der Waals surface area contributed by atoms with E-state index < -0.39 is 0 Å². The third-order valence-corrected chi connectivity index (χ3v) is 4.41. The zero-order valence-electron chi connectivity index (χ0n) is 13.4. The molecule has 0 N–H and O–H groups in total. The minimum absolute atomic E-state index is 0.0111. The van der Waals surface area contributed by atoms with Crippen molar-refractivity contribution in [2.75, 3.05) is 0 Å². The molecule has 0 aromatic heterocycles. The van der Waals surface area contributed by atoms with Crippen LogP contribution < -0.4 is 0 Å². The van der Waals surface area contributed by atoms with Crippen molar-refractivity contribution in [3.05, 3.63) is 35.6 Å². The summed E-state index contributed by atoms with van der Waals surface area (Å²) in [6.07, 6.45) is 13.2. The van der Waals surface area contributed by atoms with Gasteiger partial charge in [0, 0.05) is 0 Å². The Morgan fingerprint density at radius 3 is 1.77 bits per heavy atom. The first-order chi connectivity index (χ1) is 10.8. The minimum Gasteiger partial charge on any atom is -0.459 e. The molecule has 1 aromatic rings. The SMILES string of the molecule is O=C(OC1CCCCCCCCCCC1)c1ccc(F)cc1. The van der Waals surface area contributed by atoms with Crippen LogP contribution in [-0.2, 0) is 4.74 Å². The number of hydrogen-bond acceptors (Lipinski definition) is 2. The molecule has 0 atom stereocenters. The first-order valence-corrected chi connectivity index (χ1v) is 8.72. The standard InChI is InChI=1S/C19H27FO2/c20-17-14-12-16(13-15-17)19(21)22-18-10-8-6-4-2-1-3-5-7-9-11-18/h12-15,18H,1-11H2. The van der Waals surface area contributed by atoms with E-state index in [0.717, 1.165) is 25.7 Å². The van der Waals surface area contributed by atoms with Crippen LogP contribution in [0.2, 0.25) is 0 Å². The summed E-state index contributed by atoms with van der Waals surface area (Å²) in [5.74, 6) is -0.653. The average molecular weight is 306 g/mol. The Labute approximate surface area is 133 Å². The van der Waals surface area contributed by atoms with Crippen LogP contribution in [0.4, 0.5) is 4.39 Å². The molecular formula is C19H27FO2. The summed E-state index contributed by atoms with van der Waals surface area (Å²) >= 11 is 0. The number of rotatable bonds is 2. The Bertz CT molecular complexity index is 429. The molecule has 0 radical (unpaired) electrons. The van der Waals surface area contributed by atoms with Gasteiger partial charge in [0.05, 0.1) is 5.56 Å². The van der Waals surface area contributed by atoms with Gasteiger partial charge in [0.1, 0.15) is 11.9 Å². The van der Waals surface area contributed by atoms with Crippen LogP contribution in [0.3, 0.4) is 0 Å². The quantitative estimate of drug-likeness (QED) is 0.659. The van der Waals surface area contributed by atoms with Crippen molar-refractivity contribution >= 4 is 5.97 Å². The topological polar surface area (TPSA) is 26.3 Å². The average Bonchev–Trinajstić information content (AvgIpc) is 2.50. The first kappa shape index (κ1) is 17.0. The molecule has 1 fully saturated rings. The lowest BCUT2D eigenvalue weighted by Gasteiger charge is -2.18. The molecule has 3 heteroatoms. The van der Waals surface area contributed by atoms with Gasteiger partial charge in [0.2, 0.25) is 0 Å². The second kappa shape index (κ2) is 9.60. The van der Waals surface area contributed by atoms with Gasteiger partial charge < -0.3 is 4.74 Å². The lowest BCUT2D eigenvalue weighted by Crippen LogP contribution is -2.18. The van der Waals surface area contributed by atoms with Crippen molar-refractivity contribution in [2.24, 2.45) is 0 Å². The molecule has 0 bridgehead atoms. The van der Waals surface area contributed by atoms with Gasteiger partial charge in [-0.25, -0.2) is 9.18 Å². The van der Waals surface area contributed by atoms with Crippen LogP contribution in [0, 0.1) is 5.82 Å². The zero-order valence-corrected chi connectivity index (χ0v) is 13.4. The summed E-state index contributed by atoms with van der Waals surface area (Å²) in [5.41, 5.74) is 0.438. The second-order valence-electron chi connectivity index (χ2n) is 6.29. The Balaban J connectivity index is 1.86. The highest BCUT2D eigenvalue weighted by Crippen LogP contribution is 2.20. The largest absolute Gasteiger partial charge is 0.459 e. The van der Waals surface area contributed by atoms with Gasteiger partial charge in [-0.3, -0.25) is 0 Å². The van der Waals surface area contributed by atoms with Gasteiger partial charge in [0.25, 0.3) is 0 Å². The number of carbonyl (C=O) groups excluding carboxylic acids is 1. The maximum Gasteiger partial charge on any atom is 0.338 e. The molecule has 0 unspecified atom stereocenters. The van der Waals surface area contributed by atoms with Crippen molar-refractivity contribution in [3.63, 3.8) is 0 Å². The molecule has 0 spiro atoms. The van der Waals surface area contributed by atoms with E-state index in [-0.39, 0.29) is 17.9 Å². The lowest BCUT2D eigenvalue weighted by atomic mass is 9.99. The summed E-state index contributed by atoms with van der Waals surface area (Å²) in [6.45, 7) is 0. The maximum atomic E-state index is 12.9. The Morgan fingerprint density at radius 1 is 0.818 bits per heavy atom. The highest BCUT2D eigenvalue weighted by molar-refractivity contribution is 5.89. The number of ether oxygens (including phenoxy) is 1.